The maximum Gasteiger partial charge on any atom is 0.294 e. The summed E-state index contributed by atoms with van der Waals surface area (Å²) >= 11 is 0. The summed E-state index contributed by atoms with van der Waals surface area (Å²) in [5.74, 6) is 0. The van der Waals surface area contributed by atoms with Gasteiger partial charge in [0.25, 0.3) is 27.6 Å². The van der Waals surface area contributed by atoms with Crippen LogP contribution in [0.2, 0.25) is 0 Å². The number of hydrogen-bond donors (Lipinski definition) is 3. The van der Waals surface area contributed by atoms with Gasteiger partial charge in [-0.15, -0.1) is 0 Å². The zero-order valence-electron chi connectivity index (χ0n) is 11.1. The Morgan fingerprint density at radius 2 is 1.09 bits per heavy atom. The van der Waals surface area contributed by atoms with Crippen LogP contribution in [0.1, 0.15) is 0 Å². The van der Waals surface area contributed by atoms with Crippen LogP contribution in [-0.2, 0) is 24.8 Å². The van der Waals surface area contributed by atoms with Crippen molar-refractivity contribution in [1.82, 2.24) is 0 Å². The Balaban J connectivity index is 2.39. The van der Waals surface area contributed by atoms with E-state index in [1.807, 2.05) is 0 Å². The zero-order chi connectivity index (χ0) is 17.2. The molecule has 1 aliphatic heterocycles. The van der Waals surface area contributed by atoms with E-state index in [0.29, 0.717) is 0 Å². The van der Waals surface area contributed by atoms with Gasteiger partial charge in [-0.2, -0.15) is 16.8 Å². The van der Waals surface area contributed by atoms with Gasteiger partial charge in [0.05, 0.1) is 9.79 Å². The summed E-state index contributed by atoms with van der Waals surface area (Å²) in [5, 5.41) is -0.153. The molecule has 0 aromatic heterocycles. The van der Waals surface area contributed by atoms with E-state index >= 15 is 0 Å². The summed E-state index contributed by atoms with van der Waals surface area (Å²) in [5.41, 5.74) is 0.0120. The SMILES string of the molecule is O=P1(O)c2ccc(S(=O)(=O)O)cc2-c2cc(S(=O)(=O)O)ccc21. The molecule has 0 amide bonds. The number of benzene rings is 2. The second kappa shape index (κ2) is 4.73. The van der Waals surface area contributed by atoms with E-state index in [1.54, 1.807) is 0 Å². The summed E-state index contributed by atoms with van der Waals surface area (Å²) in [4.78, 5) is 9.22. The highest BCUT2D eigenvalue weighted by atomic mass is 32.2. The van der Waals surface area contributed by atoms with Crippen molar-refractivity contribution in [1.29, 1.82) is 0 Å². The normalized spacial score (nSPS) is 16.0. The molecule has 0 bridgehead atoms. The second-order valence-corrected chi connectivity index (χ2v) is 9.84. The minimum atomic E-state index is -4.54. The van der Waals surface area contributed by atoms with Crippen molar-refractivity contribution in [3.63, 3.8) is 0 Å². The molecule has 0 fully saturated rings. The topological polar surface area (TPSA) is 146 Å². The van der Waals surface area contributed by atoms with Crippen LogP contribution in [0.5, 0.6) is 0 Å². The van der Waals surface area contributed by atoms with Gasteiger partial charge < -0.3 is 4.89 Å². The van der Waals surface area contributed by atoms with E-state index in [1.165, 1.54) is 0 Å². The van der Waals surface area contributed by atoms with E-state index in [0.717, 1.165) is 36.4 Å². The Morgan fingerprint density at radius 3 is 1.39 bits per heavy atom. The molecular weight excluding hydrogens is 367 g/mol. The van der Waals surface area contributed by atoms with E-state index in [2.05, 4.69) is 0 Å². The van der Waals surface area contributed by atoms with Crippen LogP contribution in [0.3, 0.4) is 0 Å². The first-order valence-corrected chi connectivity index (χ1v) is 10.5. The molecular formula is C12H9O8PS2. The van der Waals surface area contributed by atoms with Gasteiger partial charge in [0.1, 0.15) is 0 Å². The smallest absolute Gasteiger partial charge is 0.294 e. The Morgan fingerprint density at radius 1 is 0.739 bits per heavy atom. The molecule has 3 N–H and O–H groups in total. The molecule has 0 aliphatic carbocycles. The second-order valence-electron chi connectivity index (χ2n) is 4.88. The molecule has 1 aliphatic rings. The average molecular weight is 376 g/mol. The fourth-order valence-electron chi connectivity index (χ4n) is 2.44. The molecule has 23 heavy (non-hydrogen) atoms. The molecule has 1 heterocycles. The van der Waals surface area contributed by atoms with Gasteiger partial charge in [0, 0.05) is 10.6 Å². The van der Waals surface area contributed by atoms with E-state index in [9.17, 15) is 26.3 Å². The molecule has 0 saturated heterocycles. The number of hydrogen-bond acceptors (Lipinski definition) is 5. The highest BCUT2D eigenvalue weighted by molar-refractivity contribution is 7.86. The summed E-state index contributed by atoms with van der Waals surface area (Å²) in [7, 11) is -13.1. The Hall–Kier alpha value is -1.55. The van der Waals surface area contributed by atoms with Crippen molar-refractivity contribution in [3.05, 3.63) is 36.4 Å². The van der Waals surface area contributed by atoms with E-state index in [-0.39, 0.29) is 21.7 Å². The van der Waals surface area contributed by atoms with Crippen molar-refractivity contribution in [2.75, 3.05) is 0 Å². The lowest BCUT2D eigenvalue weighted by atomic mass is 10.1. The lowest BCUT2D eigenvalue weighted by Gasteiger charge is -2.06. The molecule has 2 aromatic rings. The fourth-order valence-corrected chi connectivity index (χ4v) is 5.29. The van der Waals surface area contributed by atoms with Gasteiger partial charge in [-0.1, -0.05) is 0 Å². The van der Waals surface area contributed by atoms with Crippen molar-refractivity contribution in [3.8, 4) is 11.1 Å². The van der Waals surface area contributed by atoms with Crippen LogP contribution in [0.25, 0.3) is 11.1 Å². The third-order valence-electron chi connectivity index (χ3n) is 3.47. The third-order valence-corrected chi connectivity index (χ3v) is 7.26. The quantitative estimate of drug-likeness (QED) is 0.504. The molecule has 0 unspecified atom stereocenters. The molecule has 8 nitrogen and oxygen atoms in total. The maximum atomic E-state index is 12.5. The standard InChI is InChI=1S/C12H9O8PS2/c13-21(14)11-3-1-7(22(15,16)17)5-9(11)10-6-8(23(18,19)20)2-4-12(10)21/h1-6H,(H,13,14)(H,15,16,17)(H,18,19,20). The first-order chi connectivity index (χ1) is 10.4. The van der Waals surface area contributed by atoms with Crippen molar-refractivity contribution in [2.24, 2.45) is 0 Å². The minimum absolute atomic E-state index is 0.00598. The molecule has 122 valence electrons. The van der Waals surface area contributed by atoms with Gasteiger partial charge in [-0.25, -0.2) is 0 Å². The van der Waals surface area contributed by atoms with Crippen molar-refractivity contribution >= 4 is 38.2 Å². The predicted molar refractivity (Wildman–Crippen MR) is 80.6 cm³/mol. The molecule has 0 spiro atoms. The zero-order valence-corrected chi connectivity index (χ0v) is 13.6. The highest BCUT2D eigenvalue weighted by Gasteiger charge is 2.38. The van der Waals surface area contributed by atoms with Crippen LogP contribution in [0, 0.1) is 0 Å². The molecule has 0 atom stereocenters. The maximum absolute atomic E-state index is 12.5. The van der Waals surface area contributed by atoms with Crippen molar-refractivity contribution in [2.45, 2.75) is 9.79 Å². The largest absolute Gasteiger partial charge is 0.338 e. The molecule has 11 heteroatoms. The molecule has 2 aromatic carbocycles. The summed E-state index contributed by atoms with van der Waals surface area (Å²) in [6.07, 6.45) is 0. The molecule has 0 radical (unpaired) electrons. The lowest BCUT2D eigenvalue weighted by Crippen LogP contribution is -2.10. The van der Waals surface area contributed by atoms with Crippen LogP contribution in [0.4, 0.5) is 0 Å². The monoisotopic (exact) mass is 376 g/mol. The predicted octanol–water partition coefficient (Wildman–Crippen LogP) is 0.382. The van der Waals surface area contributed by atoms with Gasteiger partial charge >= 0.3 is 0 Å². The van der Waals surface area contributed by atoms with Gasteiger partial charge in [-0.05, 0) is 47.5 Å². The van der Waals surface area contributed by atoms with Crippen LogP contribution in [0.15, 0.2) is 46.2 Å². The molecule has 3 rings (SSSR count). The third kappa shape index (κ3) is 2.53. The average Bonchev–Trinajstić information content (AvgIpc) is 2.65. The first kappa shape index (κ1) is 16.3. The van der Waals surface area contributed by atoms with E-state index < -0.39 is 37.4 Å². The number of rotatable bonds is 2. The Kier molecular flexibility index (Phi) is 3.35. The van der Waals surface area contributed by atoms with Gasteiger partial charge in [0.2, 0.25) is 0 Å². The van der Waals surface area contributed by atoms with Gasteiger partial charge in [0.15, 0.2) is 0 Å². The molecule has 0 saturated carbocycles. The van der Waals surface area contributed by atoms with Crippen LogP contribution >= 0.6 is 7.37 Å². The Labute approximate surface area is 131 Å². The Bertz CT molecular complexity index is 1020. The van der Waals surface area contributed by atoms with Crippen LogP contribution in [-0.4, -0.2) is 30.8 Å². The van der Waals surface area contributed by atoms with Crippen molar-refractivity contribution < 1.29 is 35.4 Å². The summed E-state index contributed by atoms with van der Waals surface area (Å²) in [6.45, 7) is 0. The van der Waals surface area contributed by atoms with E-state index in [4.69, 9.17) is 9.11 Å². The number of fused-ring (bicyclic) bond motifs is 3. The summed E-state index contributed by atoms with van der Waals surface area (Å²) in [6, 6.07) is 6.10. The van der Waals surface area contributed by atoms with Gasteiger partial charge in [-0.3, -0.25) is 13.7 Å². The summed E-state index contributed by atoms with van der Waals surface area (Å²) < 4.78 is 75.6. The first-order valence-electron chi connectivity index (χ1n) is 6.00. The lowest BCUT2D eigenvalue weighted by molar-refractivity contribution is 0.481. The highest BCUT2D eigenvalue weighted by Crippen LogP contribution is 2.50. The minimum Gasteiger partial charge on any atom is -0.338 e. The fraction of sp³-hybridized carbons (Fsp3) is 0. The van der Waals surface area contributed by atoms with Crippen LogP contribution < -0.4 is 10.6 Å².